The Balaban J connectivity index is 1.95. The number of rotatable bonds is 32. The van der Waals surface area contributed by atoms with Crippen LogP contribution in [-0.2, 0) is 46.6 Å². The minimum atomic E-state index is -0.830. The Morgan fingerprint density at radius 1 is 0.667 bits per heavy atom. The summed E-state index contributed by atoms with van der Waals surface area (Å²) in [6, 6.07) is 17.5. The van der Waals surface area contributed by atoms with E-state index in [1.165, 1.54) is 32.1 Å². The fraction of sp³-hybridized carbons (Fsp3) is 0.604. The quantitative estimate of drug-likeness (QED) is 0.0163. The van der Waals surface area contributed by atoms with E-state index in [0.717, 1.165) is 56.1 Å². The SMILES string of the molecule is CCCCCCCCC(CCCCCC)C(=O)OCCCCCC(=O)NC(CCN=C(NC(=O)OCc1ccccc1)NC(=C=O)OCc1ccccc1)C(=O)C(C)CC. The third-order valence-electron chi connectivity index (χ3n) is 10.4. The topological polar surface area (TPSA) is 161 Å². The summed E-state index contributed by atoms with van der Waals surface area (Å²) in [5.41, 5.74) is 1.59. The largest absolute Gasteiger partial charge is 0.466 e. The highest BCUT2D eigenvalue weighted by Crippen LogP contribution is 2.21. The number of benzene rings is 2. The predicted molar refractivity (Wildman–Crippen MR) is 236 cm³/mol. The zero-order valence-electron chi connectivity index (χ0n) is 36.8. The Morgan fingerprint density at radius 3 is 1.83 bits per heavy atom. The summed E-state index contributed by atoms with van der Waals surface area (Å²) in [5.74, 6) is 0.409. The molecule has 2 aromatic carbocycles. The third-order valence-corrected chi connectivity index (χ3v) is 10.4. The number of ether oxygens (including phenoxy) is 3. The summed E-state index contributed by atoms with van der Waals surface area (Å²) in [5, 5.41) is 8.08. The minimum Gasteiger partial charge on any atom is -0.466 e. The van der Waals surface area contributed by atoms with Crippen molar-refractivity contribution in [3.63, 3.8) is 0 Å². The molecule has 12 nitrogen and oxygen atoms in total. The van der Waals surface area contributed by atoms with Crippen LogP contribution in [0.15, 0.2) is 71.5 Å². The Hall–Kier alpha value is -4.96. The number of alkyl carbamates (subject to hydrolysis) is 1. The molecule has 0 spiro atoms. The zero-order valence-corrected chi connectivity index (χ0v) is 36.8. The highest BCUT2D eigenvalue weighted by molar-refractivity contribution is 5.95. The van der Waals surface area contributed by atoms with E-state index in [1.807, 2.05) is 74.5 Å². The number of aliphatic imine (C=N–C) groups is 1. The summed E-state index contributed by atoms with van der Waals surface area (Å²) in [6.45, 7) is 8.52. The molecule has 0 fully saturated rings. The van der Waals surface area contributed by atoms with E-state index >= 15 is 0 Å². The van der Waals surface area contributed by atoms with Gasteiger partial charge in [0.05, 0.1) is 18.6 Å². The Bertz CT molecular complexity index is 1580. The van der Waals surface area contributed by atoms with E-state index in [0.29, 0.717) is 32.3 Å². The van der Waals surface area contributed by atoms with E-state index < -0.39 is 12.1 Å². The van der Waals surface area contributed by atoms with Gasteiger partial charge in [0.15, 0.2) is 11.7 Å². The van der Waals surface area contributed by atoms with E-state index in [4.69, 9.17) is 14.2 Å². The Labute approximate surface area is 359 Å². The molecule has 2 amide bonds. The van der Waals surface area contributed by atoms with Crippen molar-refractivity contribution < 1.29 is 38.2 Å². The molecular weight excluding hydrogens is 761 g/mol. The molecule has 0 bridgehead atoms. The summed E-state index contributed by atoms with van der Waals surface area (Å²) in [4.78, 5) is 68.5. The van der Waals surface area contributed by atoms with Gasteiger partial charge in [0.2, 0.25) is 11.9 Å². The molecule has 0 heterocycles. The van der Waals surface area contributed by atoms with Crippen molar-refractivity contribution in [1.82, 2.24) is 16.0 Å². The van der Waals surface area contributed by atoms with Crippen LogP contribution in [0.25, 0.3) is 0 Å². The van der Waals surface area contributed by atoms with Crippen LogP contribution >= 0.6 is 0 Å². The summed E-state index contributed by atoms with van der Waals surface area (Å²) in [6.07, 6.45) is 15.5. The molecule has 3 atom stereocenters. The van der Waals surface area contributed by atoms with Gasteiger partial charge in [0.1, 0.15) is 13.2 Å². The first-order chi connectivity index (χ1) is 29.2. The number of carbonyl (C=O) groups excluding carboxylic acids is 5. The van der Waals surface area contributed by atoms with Crippen LogP contribution in [-0.4, -0.2) is 54.8 Å². The number of hydrogen-bond acceptors (Lipinski definition) is 9. The van der Waals surface area contributed by atoms with E-state index in [9.17, 15) is 24.0 Å². The van der Waals surface area contributed by atoms with Crippen molar-refractivity contribution in [2.75, 3.05) is 13.2 Å². The van der Waals surface area contributed by atoms with Crippen molar-refractivity contribution >= 4 is 35.7 Å². The lowest BCUT2D eigenvalue weighted by atomic mass is 9.94. The number of hydrogen-bond donors (Lipinski definition) is 3. The average Bonchev–Trinajstić information content (AvgIpc) is 3.26. The second-order valence-corrected chi connectivity index (χ2v) is 15.4. The first-order valence-corrected chi connectivity index (χ1v) is 22.4. The highest BCUT2D eigenvalue weighted by Gasteiger charge is 2.25. The molecule has 12 heteroatoms. The first kappa shape index (κ1) is 51.2. The number of esters is 1. The van der Waals surface area contributed by atoms with Crippen molar-refractivity contribution in [2.24, 2.45) is 16.8 Å². The number of unbranched alkanes of at least 4 members (excludes halogenated alkanes) is 10. The van der Waals surface area contributed by atoms with Gasteiger partial charge in [-0.25, -0.2) is 9.59 Å². The lowest BCUT2D eigenvalue weighted by molar-refractivity contribution is -0.149. The summed E-state index contributed by atoms with van der Waals surface area (Å²) in [7, 11) is 0. The lowest BCUT2D eigenvalue weighted by Gasteiger charge is -2.20. The first-order valence-electron chi connectivity index (χ1n) is 22.4. The number of guanidine groups is 1. The van der Waals surface area contributed by atoms with Gasteiger partial charge in [-0.3, -0.25) is 30.0 Å². The fourth-order valence-electron chi connectivity index (χ4n) is 6.52. The summed E-state index contributed by atoms with van der Waals surface area (Å²) >= 11 is 0. The molecule has 332 valence electrons. The average molecular weight is 833 g/mol. The van der Waals surface area contributed by atoms with Crippen molar-refractivity contribution in [3.8, 4) is 0 Å². The number of ketones is 1. The molecule has 0 saturated carbocycles. The van der Waals surface area contributed by atoms with Crippen molar-refractivity contribution in [3.05, 3.63) is 77.7 Å². The normalized spacial score (nSPS) is 12.6. The molecule has 0 aromatic heterocycles. The second kappa shape index (κ2) is 32.8. The smallest absolute Gasteiger partial charge is 0.414 e. The van der Waals surface area contributed by atoms with Gasteiger partial charge in [-0.2, -0.15) is 0 Å². The van der Waals surface area contributed by atoms with Crippen LogP contribution in [0.1, 0.15) is 154 Å². The molecule has 0 saturated heterocycles. The van der Waals surface area contributed by atoms with Gasteiger partial charge < -0.3 is 19.5 Å². The molecule has 0 radical (unpaired) electrons. The maximum Gasteiger partial charge on any atom is 0.414 e. The van der Waals surface area contributed by atoms with Gasteiger partial charge in [0, 0.05) is 18.9 Å². The standard InChI is InChI=1S/C48H72N4O8/c1-5-8-10-12-13-22-30-41(29-21-11-9-6-2)46(56)58-34-24-16-23-31-43(54)50-42(45(55)38(4)7-3)32-33-49-47(52-48(57)60-37-40-27-19-15-20-28-40)51-44(35-53)59-36-39-25-17-14-18-26-39/h14-15,17-20,25-28,38,41-42H,5-13,16,21-24,29-34,36-37H2,1-4H3,(H,50,54)(H2,49,51,52,57). The van der Waals surface area contributed by atoms with Gasteiger partial charge in [-0.1, -0.05) is 153 Å². The third kappa shape index (κ3) is 23.6. The maximum absolute atomic E-state index is 13.4. The van der Waals surface area contributed by atoms with Crippen LogP contribution in [0.2, 0.25) is 0 Å². The number of carbonyl (C=O) groups is 4. The number of nitrogens with zero attached hydrogens (tertiary/aromatic N) is 1. The Kier molecular flexibility index (Phi) is 28.0. The van der Waals surface area contributed by atoms with Gasteiger partial charge >= 0.3 is 12.1 Å². The van der Waals surface area contributed by atoms with Gasteiger partial charge in [-0.15, -0.1) is 0 Å². The fourth-order valence-corrected chi connectivity index (χ4v) is 6.52. The van der Waals surface area contributed by atoms with E-state index in [1.54, 1.807) is 5.94 Å². The monoisotopic (exact) mass is 833 g/mol. The number of nitrogens with one attached hydrogen (secondary N) is 3. The molecule has 0 aliphatic carbocycles. The second-order valence-electron chi connectivity index (χ2n) is 15.4. The zero-order chi connectivity index (χ0) is 43.6. The highest BCUT2D eigenvalue weighted by atomic mass is 16.5. The maximum atomic E-state index is 13.4. The van der Waals surface area contributed by atoms with E-state index in [2.05, 4.69) is 34.8 Å². The van der Waals surface area contributed by atoms with Crippen LogP contribution in [0.3, 0.4) is 0 Å². The molecule has 3 N–H and O–H groups in total. The van der Waals surface area contributed by atoms with Gasteiger partial charge in [0.25, 0.3) is 5.88 Å². The number of amides is 2. The summed E-state index contributed by atoms with van der Waals surface area (Å²) < 4.78 is 16.7. The van der Waals surface area contributed by atoms with Gasteiger partial charge in [-0.05, 0) is 56.1 Å². The van der Waals surface area contributed by atoms with Crippen LogP contribution in [0, 0.1) is 11.8 Å². The van der Waals surface area contributed by atoms with E-state index in [-0.39, 0.29) is 73.9 Å². The number of Topliss-reactive ketones (excluding diaryl/α,β-unsaturated/α-hetero) is 1. The predicted octanol–water partition coefficient (Wildman–Crippen LogP) is 9.68. The molecular formula is C48H72N4O8. The molecule has 0 aliphatic heterocycles. The van der Waals surface area contributed by atoms with Crippen molar-refractivity contribution in [2.45, 2.75) is 163 Å². The molecule has 2 aromatic rings. The minimum absolute atomic E-state index is 0.00245. The molecule has 0 aliphatic rings. The Morgan fingerprint density at radius 2 is 1.23 bits per heavy atom. The molecule has 3 unspecified atom stereocenters. The van der Waals surface area contributed by atoms with Crippen LogP contribution in [0.5, 0.6) is 0 Å². The lowest BCUT2D eigenvalue weighted by Crippen LogP contribution is -2.44. The molecule has 60 heavy (non-hydrogen) atoms. The van der Waals surface area contributed by atoms with Crippen molar-refractivity contribution in [1.29, 1.82) is 0 Å². The van der Waals surface area contributed by atoms with Crippen LogP contribution < -0.4 is 16.0 Å². The van der Waals surface area contributed by atoms with Crippen LogP contribution in [0.4, 0.5) is 4.79 Å². The molecule has 2 rings (SSSR count).